The molecule has 1 unspecified atom stereocenters. The normalized spacial score (nSPS) is 12.4. The Bertz CT molecular complexity index is 581. The third kappa shape index (κ3) is 4.26. The lowest BCUT2D eigenvalue weighted by Gasteiger charge is -2.19. The maximum Gasteiger partial charge on any atom is 0.127 e. The molecular weight excluding hydrogens is 292 g/mol. The molecule has 2 rings (SSSR count). The van der Waals surface area contributed by atoms with Gasteiger partial charge >= 0.3 is 0 Å². The summed E-state index contributed by atoms with van der Waals surface area (Å²) in [5, 5.41) is 3.65. The van der Waals surface area contributed by atoms with Gasteiger partial charge in [0.2, 0.25) is 0 Å². The summed E-state index contributed by atoms with van der Waals surface area (Å²) in [5.74, 6) is -0.635. The molecule has 0 heterocycles. The summed E-state index contributed by atoms with van der Waals surface area (Å²) < 4.78 is 27.4. The third-order valence-electron chi connectivity index (χ3n) is 3.47. The number of halogens is 3. The molecule has 0 bridgehead atoms. The second-order valence-corrected chi connectivity index (χ2v) is 5.37. The van der Waals surface area contributed by atoms with Crippen LogP contribution < -0.4 is 5.32 Å². The fourth-order valence-corrected chi connectivity index (χ4v) is 2.60. The molecule has 0 aliphatic carbocycles. The van der Waals surface area contributed by atoms with E-state index in [4.69, 9.17) is 11.6 Å². The zero-order chi connectivity index (χ0) is 15.2. The van der Waals surface area contributed by atoms with Crippen molar-refractivity contribution in [1.82, 2.24) is 5.32 Å². The number of benzene rings is 2. The van der Waals surface area contributed by atoms with E-state index >= 15 is 0 Å². The van der Waals surface area contributed by atoms with Crippen LogP contribution in [0.1, 0.15) is 24.0 Å². The van der Waals surface area contributed by atoms with Gasteiger partial charge < -0.3 is 5.32 Å². The molecule has 2 aromatic rings. The lowest BCUT2D eigenvalue weighted by atomic mass is 9.91. The summed E-state index contributed by atoms with van der Waals surface area (Å²) in [6.45, 7) is 3.44. The van der Waals surface area contributed by atoms with E-state index in [1.54, 1.807) is 18.2 Å². The molecule has 0 radical (unpaired) electrons. The number of hydrogen-bond donors (Lipinski definition) is 1. The van der Waals surface area contributed by atoms with Crippen molar-refractivity contribution < 1.29 is 8.78 Å². The van der Waals surface area contributed by atoms with E-state index in [0.29, 0.717) is 23.6 Å². The van der Waals surface area contributed by atoms with Gasteiger partial charge in [0.15, 0.2) is 0 Å². The summed E-state index contributed by atoms with van der Waals surface area (Å²) in [6, 6.07) is 11.1. The summed E-state index contributed by atoms with van der Waals surface area (Å²) in [6.07, 6.45) is 0.433. The van der Waals surface area contributed by atoms with Gasteiger partial charge in [-0.1, -0.05) is 36.7 Å². The van der Waals surface area contributed by atoms with E-state index in [1.807, 2.05) is 13.0 Å². The molecule has 1 atom stereocenters. The standard InChI is InChI=1S/C17H18ClF2N/c1-2-21-11-13(12-5-3-6-14(19)9-12)10-15-16(18)7-4-8-17(15)20/h3-9,13,21H,2,10-11H2,1H3. The summed E-state index contributed by atoms with van der Waals surface area (Å²) in [7, 11) is 0. The quantitative estimate of drug-likeness (QED) is 0.825. The molecule has 0 amide bonds. The molecule has 0 aliphatic heterocycles. The van der Waals surface area contributed by atoms with E-state index in [-0.39, 0.29) is 17.6 Å². The van der Waals surface area contributed by atoms with Crippen LogP contribution in [0, 0.1) is 11.6 Å². The molecule has 21 heavy (non-hydrogen) atoms. The van der Waals surface area contributed by atoms with Gasteiger partial charge in [-0.15, -0.1) is 0 Å². The lowest BCUT2D eigenvalue weighted by molar-refractivity contribution is 0.557. The minimum absolute atomic E-state index is 0.0324. The second-order valence-electron chi connectivity index (χ2n) is 4.96. The Hall–Kier alpha value is -1.45. The van der Waals surface area contributed by atoms with Crippen LogP contribution in [0.25, 0.3) is 0 Å². The molecule has 1 nitrogen and oxygen atoms in total. The number of nitrogens with one attached hydrogen (secondary N) is 1. The van der Waals surface area contributed by atoms with Crippen molar-refractivity contribution in [2.45, 2.75) is 19.3 Å². The van der Waals surface area contributed by atoms with Gasteiger partial charge in [0.25, 0.3) is 0 Å². The highest BCUT2D eigenvalue weighted by atomic mass is 35.5. The maximum atomic E-state index is 13.9. The average Bonchev–Trinajstić information content (AvgIpc) is 2.46. The van der Waals surface area contributed by atoms with E-state index in [1.165, 1.54) is 18.2 Å². The topological polar surface area (TPSA) is 12.0 Å². The van der Waals surface area contributed by atoms with Crippen molar-refractivity contribution in [3.8, 4) is 0 Å². The molecule has 1 N–H and O–H groups in total. The molecule has 0 saturated carbocycles. The summed E-state index contributed by atoms with van der Waals surface area (Å²) in [5.41, 5.74) is 1.32. The zero-order valence-corrected chi connectivity index (χ0v) is 12.6. The van der Waals surface area contributed by atoms with Crippen LogP contribution in [0.15, 0.2) is 42.5 Å². The Morgan fingerprint density at radius 3 is 2.57 bits per heavy atom. The molecule has 0 spiro atoms. The van der Waals surface area contributed by atoms with Crippen molar-refractivity contribution in [2.75, 3.05) is 13.1 Å². The average molecular weight is 310 g/mol. The monoisotopic (exact) mass is 309 g/mol. The smallest absolute Gasteiger partial charge is 0.127 e. The molecule has 2 aromatic carbocycles. The van der Waals surface area contributed by atoms with Crippen LogP contribution >= 0.6 is 11.6 Å². The van der Waals surface area contributed by atoms with Crippen LogP contribution in [0.5, 0.6) is 0 Å². The van der Waals surface area contributed by atoms with E-state index in [0.717, 1.165) is 12.1 Å². The van der Waals surface area contributed by atoms with Gasteiger partial charge in [-0.05, 0) is 42.8 Å². The van der Waals surface area contributed by atoms with Gasteiger partial charge in [0, 0.05) is 23.0 Å². The first-order valence-electron chi connectivity index (χ1n) is 7.01. The van der Waals surface area contributed by atoms with Crippen molar-refractivity contribution in [1.29, 1.82) is 0 Å². The highest BCUT2D eigenvalue weighted by Crippen LogP contribution is 2.27. The minimum Gasteiger partial charge on any atom is -0.316 e. The fourth-order valence-electron chi connectivity index (χ4n) is 2.36. The first-order chi connectivity index (χ1) is 10.1. The van der Waals surface area contributed by atoms with Crippen molar-refractivity contribution in [3.05, 3.63) is 70.2 Å². The highest BCUT2D eigenvalue weighted by molar-refractivity contribution is 6.31. The van der Waals surface area contributed by atoms with E-state index in [9.17, 15) is 8.78 Å². The van der Waals surface area contributed by atoms with Gasteiger partial charge in [-0.3, -0.25) is 0 Å². The molecule has 112 valence electrons. The first kappa shape index (κ1) is 15.9. The van der Waals surface area contributed by atoms with Crippen molar-refractivity contribution in [3.63, 3.8) is 0 Å². The molecular formula is C17H18ClF2N. The maximum absolute atomic E-state index is 13.9. The third-order valence-corrected chi connectivity index (χ3v) is 3.83. The van der Waals surface area contributed by atoms with Gasteiger partial charge in [-0.25, -0.2) is 8.78 Å². The second kappa shape index (κ2) is 7.53. The molecule has 0 fully saturated rings. The molecule has 0 saturated heterocycles. The molecule has 0 aliphatic rings. The summed E-state index contributed by atoms with van der Waals surface area (Å²) in [4.78, 5) is 0. The zero-order valence-electron chi connectivity index (χ0n) is 11.9. The predicted molar refractivity (Wildman–Crippen MR) is 82.8 cm³/mol. The highest BCUT2D eigenvalue weighted by Gasteiger charge is 2.17. The van der Waals surface area contributed by atoms with Crippen LogP contribution in [-0.4, -0.2) is 13.1 Å². The Labute approximate surface area is 128 Å². The summed E-state index contributed by atoms with van der Waals surface area (Å²) >= 11 is 6.09. The van der Waals surface area contributed by atoms with Crippen molar-refractivity contribution >= 4 is 11.6 Å². The van der Waals surface area contributed by atoms with E-state index in [2.05, 4.69) is 5.32 Å². The van der Waals surface area contributed by atoms with E-state index < -0.39 is 0 Å². The van der Waals surface area contributed by atoms with Gasteiger partial charge in [-0.2, -0.15) is 0 Å². The Morgan fingerprint density at radius 1 is 1.14 bits per heavy atom. The van der Waals surface area contributed by atoms with Gasteiger partial charge in [0.05, 0.1) is 0 Å². The minimum atomic E-state index is -0.319. The predicted octanol–water partition coefficient (Wildman–Crippen LogP) is 4.55. The van der Waals surface area contributed by atoms with Crippen LogP contribution in [0.2, 0.25) is 5.02 Å². The largest absolute Gasteiger partial charge is 0.316 e. The Kier molecular flexibility index (Phi) is 5.71. The first-order valence-corrected chi connectivity index (χ1v) is 7.38. The lowest BCUT2D eigenvalue weighted by Crippen LogP contribution is -2.23. The van der Waals surface area contributed by atoms with Gasteiger partial charge in [0.1, 0.15) is 11.6 Å². The number of likely N-dealkylation sites (N-methyl/N-ethyl adjacent to an activating group) is 1. The Balaban J connectivity index is 2.28. The number of hydrogen-bond acceptors (Lipinski definition) is 1. The molecule has 0 aromatic heterocycles. The Morgan fingerprint density at radius 2 is 1.90 bits per heavy atom. The van der Waals surface area contributed by atoms with Crippen LogP contribution in [0.3, 0.4) is 0 Å². The van der Waals surface area contributed by atoms with Crippen molar-refractivity contribution in [2.24, 2.45) is 0 Å². The fraction of sp³-hybridized carbons (Fsp3) is 0.294. The number of rotatable bonds is 6. The van der Waals surface area contributed by atoms with Crippen LogP contribution in [-0.2, 0) is 6.42 Å². The van der Waals surface area contributed by atoms with Crippen LogP contribution in [0.4, 0.5) is 8.78 Å². The SMILES string of the molecule is CCNCC(Cc1c(F)cccc1Cl)c1cccc(F)c1. The molecule has 4 heteroatoms.